The molecule has 3 nitrogen and oxygen atoms in total. The van der Waals surface area contributed by atoms with E-state index in [-0.39, 0.29) is 12.9 Å². The van der Waals surface area contributed by atoms with Gasteiger partial charge >= 0.3 is 0 Å². The number of aliphatic hydroxyl groups is 1. The molecule has 108 valence electrons. The molecule has 1 N–H and O–H groups in total. The molecule has 3 heteroatoms. The van der Waals surface area contributed by atoms with Crippen LogP contribution in [0.1, 0.15) is 38.5 Å². The third-order valence-electron chi connectivity index (χ3n) is 2.86. The van der Waals surface area contributed by atoms with Gasteiger partial charge in [0.05, 0.1) is 6.61 Å². The van der Waals surface area contributed by atoms with Crippen LogP contribution in [0.5, 0.6) is 0 Å². The quantitative estimate of drug-likeness (QED) is 0.650. The predicted octanol–water partition coefficient (Wildman–Crippen LogP) is 3.36. The summed E-state index contributed by atoms with van der Waals surface area (Å²) in [6.07, 6.45) is 18.5. The van der Waals surface area contributed by atoms with E-state index < -0.39 is 0 Å². The summed E-state index contributed by atoms with van der Waals surface area (Å²) in [5, 5.41) is 8.58. The molecular formula is C16H26O3. The highest BCUT2D eigenvalue weighted by molar-refractivity contribution is 4.97. The minimum absolute atomic E-state index is 0.00519. The summed E-state index contributed by atoms with van der Waals surface area (Å²) in [5.74, 6) is 0. The van der Waals surface area contributed by atoms with E-state index in [1.165, 1.54) is 6.42 Å². The molecule has 0 saturated carbocycles. The summed E-state index contributed by atoms with van der Waals surface area (Å²) >= 11 is 0. The lowest BCUT2D eigenvalue weighted by Crippen LogP contribution is -2.22. The zero-order chi connectivity index (χ0) is 13.6. The summed E-state index contributed by atoms with van der Waals surface area (Å²) < 4.78 is 11.1. The van der Waals surface area contributed by atoms with Crippen molar-refractivity contribution in [3.05, 3.63) is 36.5 Å². The minimum Gasteiger partial charge on any atom is -0.396 e. The van der Waals surface area contributed by atoms with Crippen LogP contribution in [-0.4, -0.2) is 31.2 Å². The number of hydrogen-bond acceptors (Lipinski definition) is 3. The van der Waals surface area contributed by atoms with Crippen molar-refractivity contribution in [2.45, 2.75) is 44.8 Å². The van der Waals surface area contributed by atoms with Crippen molar-refractivity contribution in [3.63, 3.8) is 0 Å². The topological polar surface area (TPSA) is 38.7 Å². The summed E-state index contributed by atoms with van der Waals surface area (Å²) in [5.41, 5.74) is 0. The molecule has 0 aromatic carbocycles. The van der Waals surface area contributed by atoms with Crippen LogP contribution < -0.4 is 0 Å². The molecule has 0 aliphatic carbocycles. The average molecular weight is 266 g/mol. The number of hydrogen-bond donors (Lipinski definition) is 1. The van der Waals surface area contributed by atoms with Gasteiger partial charge in [-0.1, -0.05) is 36.5 Å². The van der Waals surface area contributed by atoms with E-state index in [2.05, 4.69) is 24.3 Å². The van der Waals surface area contributed by atoms with E-state index in [0.717, 1.165) is 38.7 Å². The number of ether oxygens (including phenoxy) is 2. The van der Waals surface area contributed by atoms with Gasteiger partial charge < -0.3 is 14.6 Å². The first-order valence-electron chi connectivity index (χ1n) is 7.22. The van der Waals surface area contributed by atoms with Crippen LogP contribution in [0.4, 0.5) is 0 Å². The van der Waals surface area contributed by atoms with Gasteiger partial charge in [-0.3, -0.25) is 0 Å². The largest absolute Gasteiger partial charge is 0.396 e. The maximum absolute atomic E-state index is 8.58. The van der Waals surface area contributed by atoms with Gasteiger partial charge in [0.15, 0.2) is 6.29 Å². The van der Waals surface area contributed by atoms with Gasteiger partial charge in [-0.25, -0.2) is 0 Å². The van der Waals surface area contributed by atoms with Crippen molar-refractivity contribution in [2.75, 3.05) is 19.8 Å². The Labute approximate surface area is 116 Å². The molecule has 1 aliphatic rings. The van der Waals surface area contributed by atoms with Gasteiger partial charge in [0.25, 0.3) is 0 Å². The Morgan fingerprint density at radius 1 is 1.00 bits per heavy atom. The molecule has 1 fully saturated rings. The Balaban J connectivity index is 1.93. The fraction of sp³-hybridized carbons (Fsp3) is 0.625. The van der Waals surface area contributed by atoms with Crippen LogP contribution in [0.25, 0.3) is 0 Å². The smallest absolute Gasteiger partial charge is 0.157 e. The van der Waals surface area contributed by atoms with Crippen molar-refractivity contribution >= 4 is 0 Å². The molecule has 1 heterocycles. The highest BCUT2D eigenvalue weighted by Crippen LogP contribution is 2.13. The second-order valence-corrected chi connectivity index (χ2v) is 4.53. The van der Waals surface area contributed by atoms with Gasteiger partial charge in [-0.2, -0.15) is 0 Å². The van der Waals surface area contributed by atoms with E-state index in [0.29, 0.717) is 6.61 Å². The highest BCUT2D eigenvalue weighted by Gasteiger charge is 2.12. The molecule has 1 unspecified atom stereocenters. The Hall–Kier alpha value is -0.900. The van der Waals surface area contributed by atoms with Crippen LogP contribution in [0.2, 0.25) is 0 Å². The summed E-state index contributed by atoms with van der Waals surface area (Å²) in [6.45, 7) is 1.70. The number of rotatable bonds is 9. The molecule has 1 aliphatic heterocycles. The van der Waals surface area contributed by atoms with Crippen molar-refractivity contribution in [2.24, 2.45) is 0 Å². The predicted molar refractivity (Wildman–Crippen MR) is 77.9 cm³/mol. The molecule has 1 saturated heterocycles. The Bertz CT molecular complexity index is 276. The van der Waals surface area contributed by atoms with Gasteiger partial charge in [-0.05, 0) is 38.5 Å². The maximum Gasteiger partial charge on any atom is 0.157 e. The van der Waals surface area contributed by atoms with Crippen molar-refractivity contribution in [3.8, 4) is 0 Å². The van der Waals surface area contributed by atoms with E-state index >= 15 is 0 Å². The molecule has 0 radical (unpaired) electrons. The summed E-state index contributed by atoms with van der Waals surface area (Å²) in [4.78, 5) is 0. The van der Waals surface area contributed by atoms with Crippen LogP contribution in [-0.2, 0) is 9.47 Å². The normalized spacial score (nSPS) is 21.0. The SMILES string of the molecule is OCC/C=C\C/C=C\C/C=C\COC1CCCCO1. The third-order valence-corrected chi connectivity index (χ3v) is 2.86. The fourth-order valence-corrected chi connectivity index (χ4v) is 1.81. The van der Waals surface area contributed by atoms with E-state index in [4.69, 9.17) is 14.6 Å². The standard InChI is InChI=1S/C16H26O3/c17-13-9-6-4-2-1-3-5-7-10-14-18-16-12-8-11-15-19-16/h1,3-4,6-7,10,16-17H,2,5,8-9,11-15H2/b3-1-,6-4-,10-7-. The number of aliphatic hydroxyl groups excluding tert-OH is 1. The van der Waals surface area contributed by atoms with Crippen LogP contribution in [0.3, 0.4) is 0 Å². The molecule has 19 heavy (non-hydrogen) atoms. The summed E-state index contributed by atoms with van der Waals surface area (Å²) in [7, 11) is 0. The first-order chi connectivity index (χ1) is 9.43. The maximum atomic E-state index is 8.58. The molecule has 1 atom stereocenters. The highest BCUT2D eigenvalue weighted by atomic mass is 16.7. The van der Waals surface area contributed by atoms with Gasteiger partial charge in [0.1, 0.15) is 0 Å². The molecule has 0 aromatic rings. The average Bonchev–Trinajstić information content (AvgIpc) is 2.46. The first-order valence-corrected chi connectivity index (χ1v) is 7.22. The van der Waals surface area contributed by atoms with Crippen molar-refractivity contribution < 1.29 is 14.6 Å². The second-order valence-electron chi connectivity index (χ2n) is 4.53. The first kappa shape index (κ1) is 16.2. The Morgan fingerprint density at radius 3 is 2.42 bits per heavy atom. The Morgan fingerprint density at radius 2 is 1.74 bits per heavy atom. The zero-order valence-corrected chi connectivity index (χ0v) is 11.7. The van der Waals surface area contributed by atoms with Crippen molar-refractivity contribution in [1.29, 1.82) is 0 Å². The molecule has 0 bridgehead atoms. The van der Waals surface area contributed by atoms with Crippen LogP contribution in [0.15, 0.2) is 36.5 Å². The molecular weight excluding hydrogens is 240 g/mol. The zero-order valence-electron chi connectivity index (χ0n) is 11.7. The lowest BCUT2D eigenvalue weighted by atomic mass is 10.2. The van der Waals surface area contributed by atoms with E-state index in [1.54, 1.807) is 0 Å². The van der Waals surface area contributed by atoms with Crippen LogP contribution in [0, 0.1) is 0 Å². The molecule has 0 aromatic heterocycles. The van der Waals surface area contributed by atoms with Crippen molar-refractivity contribution in [1.82, 2.24) is 0 Å². The summed E-state index contributed by atoms with van der Waals surface area (Å²) in [6, 6.07) is 0. The van der Waals surface area contributed by atoms with Gasteiger partial charge in [-0.15, -0.1) is 0 Å². The van der Waals surface area contributed by atoms with E-state index in [1.807, 2.05) is 12.2 Å². The van der Waals surface area contributed by atoms with Crippen LogP contribution >= 0.6 is 0 Å². The van der Waals surface area contributed by atoms with Gasteiger partial charge in [0, 0.05) is 13.2 Å². The second kappa shape index (κ2) is 12.2. The molecule has 0 spiro atoms. The lowest BCUT2D eigenvalue weighted by Gasteiger charge is -2.21. The van der Waals surface area contributed by atoms with E-state index in [9.17, 15) is 0 Å². The molecule has 1 rings (SSSR count). The third kappa shape index (κ3) is 9.65. The molecule has 0 amide bonds. The fourth-order valence-electron chi connectivity index (χ4n) is 1.81. The monoisotopic (exact) mass is 266 g/mol. The van der Waals surface area contributed by atoms with Gasteiger partial charge in [0.2, 0.25) is 0 Å². The lowest BCUT2D eigenvalue weighted by molar-refractivity contribution is -0.155. The Kier molecular flexibility index (Phi) is 10.3. The number of allylic oxidation sites excluding steroid dienone is 4. The minimum atomic E-state index is 0.00519.